The third-order valence-electron chi connectivity index (χ3n) is 1.52. The fourth-order valence-corrected chi connectivity index (χ4v) is 1.20. The van der Waals surface area contributed by atoms with E-state index in [0.717, 1.165) is 6.42 Å². The molecule has 70 valence electrons. The van der Waals surface area contributed by atoms with Gasteiger partial charge >= 0.3 is 0 Å². The summed E-state index contributed by atoms with van der Waals surface area (Å²) in [6.45, 7) is 1.96. The summed E-state index contributed by atoms with van der Waals surface area (Å²) in [5.41, 5.74) is 0.314. The Kier molecular flexibility index (Phi) is 3.25. The van der Waals surface area contributed by atoms with Gasteiger partial charge in [-0.1, -0.05) is 24.6 Å². The number of aryl methyl sites for hydroxylation is 1. The molecule has 0 spiro atoms. The van der Waals surface area contributed by atoms with E-state index in [9.17, 15) is 4.79 Å². The van der Waals surface area contributed by atoms with Crippen molar-refractivity contribution in [2.75, 3.05) is 0 Å². The molecule has 0 N–H and O–H groups in total. The predicted octanol–water partition coefficient (Wildman–Crippen LogP) is 2.22. The number of allylic oxidation sites excluding steroid dienone is 2. The quantitative estimate of drug-likeness (QED) is 0.552. The largest absolute Gasteiger partial charge is 0.287 e. The van der Waals surface area contributed by atoms with Gasteiger partial charge in [-0.2, -0.15) is 5.10 Å². The zero-order valence-corrected chi connectivity index (χ0v) is 8.38. The van der Waals surface area contributed by atoms with Crippen LogP contribution in [0, 0.1) is 0 Å². The van der Waals surface area contributed by atoms with Crippen molar-refractivity contribution in [3.63, 3.8) is 0 Å². The van der Waals surface area contributed by atoms with Gasteiger partial charge in [0.1, 0.15) is 0 Å². The molecule has 0 amide bonds. The van der Waals surface area contributed by atoms with Gasteiger partial charge < -0.3 is 0 Å². The molecule has 1 heterocycles. The highest BCUT2D eigenvalue weighted by atomic mass is 35.5. The molecule has 1 aromatic rings. The van der Waals surface area contributed by atoms with E-state index >= 15 is 0 Å². The van der Waals surface area contributed by atoms with Crippen molar-refractivity contribution in [2.45, 2.75) is 13.3 Å². The smallest absolute Gasteiger partial charge is 0.207 e. The second kappa shape index (κ2) is 4.23. The maximum absolute atomic E-state index is 11.4. The normalized spacial score (nSPS) is 11.0. The van der Waals surface area contributed by atoms with Gasteiger partial charge in [-0.05, 0) is 12.5 Å². The third kappa shape index (κ3) is 2.42. The molecule has 4 heteroatoms. The van der Waals surface area contributed by atoms with Gasteiger partial charge in [0.05, 0.1) is 5.02 Å². The van der Waals surface area contributed by atoms with Crippen LogP contribution >= 0.6 is 11.6 Å². The van der Waals surface area contributed by atoms with Crippen LogP contribution in [-0.2, 0) is 7.05 Å². The van der Waals surface area contributed by atoms with E-state index in [1.807, 2.05) is 6.92 Å². The summed E-state index contributed by atoms with van der Waals surface area (Å²) in [6, 6.07) is 0. The molecule has 0 aliphatic carbocycles. The number of halogens is 1. The molecule has 0 bridgehead atoms. The highest BCUT2D eigenvalue weighted by Crippen LogP contribution is 2.13. The lowest BCUT2D eigenvalue weighted by Crippen LogP contribution is -1.98. The average molecular weight is 199 g/mol. The van der Waals surface area contributed by atoms with Crippen molar-refractivity contribution in [3.05, 3.63) is 29.1 Å². The lowest BCUT2D eigenvalue weighted by Gasteiger charge is -1.88. The Hall–Kier alpha value is -1.09. The van der Waals surface area contributed by atoms with Gasteiger partial charge in [-0.15, -0.1) is 0 Å². The first kappa shape index (κ1) is 9.99. The SMILES string of the molecule is CC/C=C/C(=O)c1nn(C)cc1Cl. The molecule has 1 rings (SSSR count). The number of nitrogens with zero attached hydrogens (tertiary/aromatic N) is 2. The second-order valence-corrected chi connectivity index (χ2v) is 3.08. The Labute approximate surface area is 82.0 Å². The second-order valence-electron chi connectivity index (χ2n) is 2.67. The van der Waals surface area contributed by atoms with Crippen LogP contribution in [-0.4, -0.2) is 15.6 Å². The summed E-state index contributed by atoms with van der Waals surface area (Å²) in [5, 5.41) is 4.34. The molecule has 0 aromatic carbocycles. The first-order chi connectivity index (χ1) is 6.15. The zero-order valence-electron chi connectivity index (χ0n) is 7.62. The van der Waals surface area contributed by atoms with Crippen LogP contribution in [0.4, 0.5) is 0 Å². The summed E-state index contributed by atoms with van der Waals surface area (Å²) in [7, 11) is 1.73. The number of ketones is 1. The van der Waals surface area contributed by atoms with E-state index < -0.39 is 0 Å². The standard InChI is InChI=1S/C9H11ClN2O/c1-3-4-5-8(13)9-7(10)6-12(2)11-9/h4-6H,3H2,1-2H3/b5-4+. The molecule has 0 unspecified atom stereocenters. The zero-order chi connectivity index (χ0) is 9.84. The summed E-state index contributed by atoms with van der Waals surface area (Å²) in [4.78, 5) is 11.4. The van der Waals surface area contributed by atoms with Crippen LogP contribution < -0.4 is 0 Å². The van der Waals surface area contributed by atoms with Crippen LogP contribution in [0.1, 0.15) is 23.8 Å². The van der Waals surface area contributed by atoms with Crippen molar-refractivity contribution in [3.8, 4) is 0 Å². The van der Waals surface area contributed by atoms with Gasteiger partial charge in [-0.3, -0.25) is 9.48 Å². The van der Waals surface area contributed by atoms with Crippen molar-refractivity contribution in [2.24, 2.45) is 7.05 Å². The fraction of sp³-hybridized carbons (Fsp3) is 0.333. The van der Waals surface area contributed by atoms with E-state index in [0.29, 0.717) is 10.7 Å². The summed E-state index contributed by atoms with van der Waals surface area (Å²) in [5.74, 6) is -0.146. The van der Waals surface area contributed by atoms with Gasteiger partial charge in [0.15, 0.2) is 5.69 Å². The molecular formula is C9H11ClN2O. The molecule has 1 aromatic heterocycles. The van der Waals surface area contributed by atoms with E-state index in [1.165, 1.54) is 10.8 Å². The highest BCUT2D eigenvalue weighted by molar-refractivity contribution is 6.34. The summed E-state index contributed by atoms with van der Waals surface area (Å²) in [6.07, 6.45) is 5.71. The summed E-state index contributed by atoms with van der Waals surface area (Å²) < 4.78 is 1.52. The number of carbonyl (C=O) groups is 1. The monoisotopic (exact) mass is 198 g/mol. The van der Waals surface area contributed by atoms with Crippen molar-refractivity contribution in [1.82, 2.24) is 9.78 Å². The molecule has 13 heavy (non-hydrogen) atoms. The minimum absolute atomic E-state index is 0.146. The molecule has 0 saturated heterocycles. The van der Waals surface area contributed by atoms with Crippen molar-refractivity contribution in [1.29, 1.82) is 0 Å². The number of aromatic nitrogens is 2. The fourth-order valence-electron chi connectivity index (χ4n) is 0.930. The molecule has 0 atom stereocenters. The van der Waals surface area contributed by atoms with Crippen LogP contribution in [0.2, 0.25) is 5.02 Å². The highest BCUT2D eigenvalue weighted by Gasteiger charge is 2.10. The number of carbonyl (C=O) groups excluding carboxylic acids is 1. The van der Waals surface area contributed by atoms with Crippen LogP contribution in [0.15, 0.2) is 18.3 Å². The molecule has 0 saturated carbocycles. The lowest BCUT2D eigenvalue weighted by molar-refractivity contribution is 0.104. The number of hydrogen-bond acceptors (Lipinski definition) is 2. The Bertz CT molecular complexity index is 341. The number of hydrogen-bond donors (Lipinski definition) is 0. The first-order valence-corrected chi connectivity index (χ1v) is 4.43. The van der Waals surface area contributed by atoms with Gasteiger partial charge in [0.2, 0.25) is 5.78 Å². The average Bonchev–Trinajstić information content (AvgIpc) is 2.41. The van der Waals surface area contributed by atoms with Crippen LogP contribution in [0.3, 0.4) is 0 Å². The van der Waals surface area contributed by atoms with Gasteiger partial charge in [-0.25, -0.2) is 0 Å². The predicted molar refractivity (Wildman–Crippen MR) is 52.0 cm³/mol. The minimum Gasteiger partial charge on any atom is -0.287 e. The molecular weight excluding hydrogens is 188 g/mol. The molecule has 0 radical (unpaired) electrons. The van der Waals surface area contributed by atoms with E-state index in [4.69, 9.17) is 11.6 Å². The van der Waals surface area contributed by atoms with Gasteiger partial charge in [0.25, 0.3) is 0 Å². The Morgan fingerprint density at radius 1 is 1.77 bits per heavy atom. The molecule has 0 aliphatic rings. The molecule has 3 nitrogen and oxygen atoms in total. The van der Waals surface area contributed by atoms with E-state index in [2.05, 4.69) is 5.10 Å². The Balaban J connectivity index is 2.88. The van der Waals surface area contributed by atoms with Crippen molar-refractivity contribution < 1.29 is 4.79 Å². The first-order valence-electron chi connectivity index (χ1n) is 4.05. The van der Waals surface area contributed by atoms with Crippen LogP contribution in [0.5, 0.6) is 0 Å². The van der Waals surface area contributed by atoms with E-state index in [1.54, 1.807) is 19.3 Å². The third-order valence-corrected chi connectivity index (χ3v) is 1.80. The lowest BCUT2D eigenvalue weighted by atomic mass is 10.2. The Morgan fingerprint density at radius 3 is 2.92 bits per heavy atom. The summed E-state index contributed by atoms with van der Waals surface area (Å²) >= 11 is 5.78. The number of rotatable bonds is 3. The minimum atomic E-state index is -0.146. The maximum Gasteiger partial charge on any atom is 0.207 e. The maximum atomic E-state index is 11.4. The molecule has 0 aliphatic heterocycles. The topological polar surface area (TPSA) is 34.9 Å². The Morgan fingerprint density at radius 2 is 2.46 bits per heavy atom. The van der Waals surface area contributed by atoms with Crippen LogP contribution in [0.25, 0.3) is 0 Å². The van der Waals surface area contributed by atoms with Gasteiger partial charge in [0, 0.05) is 13.2 Å². The van der Waals surface area contributed by atoms with Crippen molar-refractivity contribution >= 4 is 17.4 Å². The van der Waals surface area contributed by atoms with E-state index in [-0.39, 0.29) is 5.78 Å². The molecule has 0 fully saturated rings.